The van der Waals surface area contributed by atoms with Gasteiger partial charge >= 0.3 is 0 Å². The maximum absolute atomic E-state index is 13.7. The number of ether oxygens (including phenoxy) is 1. The molecular formula is C14H13FN2O2. The Bertz CT molecular complexity index is 627. The van der Waals surface area contributed by atoms with Gasteiger partial charge in [-0.2, -0.15) is 0 Å². The first-order valence-electron chi connectivity index (χ1n) is 5.62. The van der Waals surface area contributed by atoms with Crippen molar-refractivity contribution in [1.29, 1.82) is 0 Å². The minimum atomic E-state index is -0.611. The summed E-state index contributed by atoms with van der Waals surface area (Å²) in [5.41, 5.74) is 6.41. The third-order valence-corrected chi connectivity index (χ3v) is 2.56. The Kier molecular flexibility index (Phi) is 3.66. The molecule has 2 aromatic rings. The van der Waals surface area contributed by atoms with Gasteiger partial charge in [-0.05, 0) is 36.8 Å². The molecule has 0 aliphatic carbocycles. The maximum Gasteiger partial charge on any atom is 0.176 e. The molecule has 4 nitrogen and oxygen atoms in total. The van der Waals surface area contributed by atoms with Crippen molar-refractivity contribution in [3.8, 4) is 11.5 Å². The van der Waals surface area contributed by atoms with Gasteiger partial charge in [0.2, 0.25) is 0 Å². The van der Waals surface area contributed by atoms with E-state index < -0.39 is 5.82 Å². The van der Waals surface area contributed by atoms with Crippen molar-refractivity contribution in [1.82, 2.24) is 0 Å². The van der Waals surface area contributed by atoms with Crippen LogP contribution >= 0.6 is 0 Å². The first-order chi connectivity index (χ1) is 9.11. The van der Waals surface area contributed by atoms with Crippen LogP contribution in [-0.4, -0.2) is 11.0 Å². The molecule has 0 amide bonds. The summed E-state index contributed by atoms with van der Waals surface area (Å²) in [6.45, 7) is 1.92. The van der Waals surface area contributed by atoms with E-state index in [0.29, 0.717) is 5.75 Å². The molecule has 5 heteroatoms. The van der Waals surface area contributed by atoms with Crippen molar-refractivity contribution in [2.45, 2.75) is 6.92 Å². The molecule has 0 saturated carbocycles. The third-order valence-electron chi connectivity index (χ3n) is 2.56. The van der Waals surface area contributed by atoms with Gasteiger partial charge in [-0.25, -0.2) is 4.39 Å². The van der Waals surface area contributed by atoms with E-state index in [-0.39, 0.29) is 17.1 Å². The fraction of sp³-hybridized carbons (Fsp3) is 0.0714. The van der Waals surface area contributed by atoms with Crippen LogP contribution in [0.25, 0.3) is 0 Å². The Morgan fingerprint density at radius 2 is 2.00 bits per heavy atom. The lowest BCUT2D eigenvalue weighted by atomic mass is 10.1. The number of rotatable bonds is 3. The molecule has 2 aromatic carbocycles. The van der Waals surface area contributed by atoms with Gasteiger partial charge in [0, 0.05) is 0 Å². The van der Waals surface area contributed by atoms with Crippen molar-refractivity contribution in [3.05, 3.63) is 59.4 Å². The number of aryl methyl sites for hydroxylation is 1. The summed E-state index contributed by atoms with van der Waals surface area (Å²) in [4.78, 5) is 0. The van der Waals surface area contributed by atoms with Crippen molar-refractivity contribution in [2.75, 3.05) is 0 Å². The van der Waals surface area contributed by atoms with Gasteiger partial charge in [-0.3, -0.25) is 0 Å². The molecule has 0 aromatic heterocycles. The highest BCUT2D eigenvalue weighted by Gasteiger charge is 2.14. The first-order valence-corrected chi connectivity index (χ1v) is 5.62. The average molecular weight is 260 g/mol. The third kappa shape index (κ3) is 2.82. The SMILES string of the molecule is Cc1cccc(Oc2cccc(F)c2C(N)=NO)c1. The van der Waals surface area contributed by atoms with Crippen molar-refractivity contribution < 1.29 is 14.3 Å². The van der Waals surface area contributed by atoms with Crippen LogP contribution in [0.3, 0.4) is 0 Å². The largest absolute Gasteiger partial charge is 0.456 e. The van der Waals surface area contributed by atoms with E-state index in [4.69, 9.17) is 15.7 Å². The predicted molar refractivity (Wildman–Crippen MR) is 70.2 cm³/mol. The second-order valence-electron chi connectivity index (χ2n) is 4.02. The fourth-order valence-electron chi connectivity index (χ4n) is 1.69. The van der Waals surface area contributed by atoms with Crippen LogP contribution in [-0.2, 0) is 0 Å². The zero-order chi connectivity index (χ0) is 13.8. The number of oxime groups is 1. The maximum atomic E-state index is 13.7. The normalized spacial score (nSPS) is 11.4. The average Bonchev–Trinajstić information content (AvgIpc) is 2.38. The Hall–Kier alpha value is -2.56. The van der Waals surface area contributed by atoms with Gasteiger partial charge < -0.3 is 15.7 Å². The van der Waals surface area contributed by atoms with Crippen LogP contribution in [0.2, 0.25) is 0 Å². The zero-order valence-electron chi connectivity index (χ0n) is 10.3. The predicted octanol–water partition coefficient (Wildman–Crippen LogP) is 3.02. The summed E-state index contributed by atoms with van der Waals surface area (Å²) >= 11 is 0. The second kappa shape index (κ2) is 5.39. The highest BCUT2D eigenvalue weighted by Crippen LogP contribution is 2.27. The van der Waals surface area contributed by atoms with Crippen LogP contribution in [0.1, 0.15) is 11.1 Å². The van der Waals surface area contributed by atoms with E-state index in [1.165, 1.54) is 12.1 Å². The molecule has 3 N–H and O–H groups in total. The van der Waals surface area contributed by atoms with Crippen LogP contribution in [0.15, 0.2) is 47.6 Å². The van der Waals surface area contributed by atoms with Gasteiger partial charge in [-0.1, -0.05) is 23.4 Å². The number of hydrogen-bond donors (Lipinski definition) is 2. The molecular weight excluding hydrogens is 247 g/mol. The topological polar surface area (TPSA) is 67.8 Å². The number of hydrogen-bond acceptors (Lipinski definition) is 3. The van der Waals surface area contributed by atoms with Gasteiger partial charge in [0.05, 0.1) is 5.56 Å². The van der Waals surface area contributed by atoms with E-state index in [2.05, 4.69) is 5.16 Å². The van der Waals surface area contributed by atoms with Crippen molar-refractivity contribution >= 4 is 5.84 Å². The van der Waals surface area contributed by atoms with E-state index in [1.54, 1.807) is 18.2 Å². The van der Waals surface area contributed by atoms with Crippen LogP contribution in [0, 0.1) is 12.7 Å². The Morgan fingerprint density at radius 1 is 1.26 bits per heavy atom. The molecule has 0 bridgehead atoms. The minimum Gasteiger partial charge on any atom is -0.456 e. The smallest absolute Gasteiger partial charge is 0.176 e. The van der Waals surface area contributed by atoms with Gasteiger partial charge in [0.15, 0.2) is 5.84 Å². The summed E-state index contributed by atoms with van der Waals surface area (Å²) in [6.07, 6.45) is 0. The summed E-state index contributed by atoms with van der Waals surface area (Å²) in [6, 6.07) is 11.6. The molecule has 0 atom stereocenters. The van der Waals surface area contributed by atoms with Gasteiger partial charge in [0.25, 0.3) is 0 Å². The molecule has 0 saturated heterocycles. The summed E-state index contributed by atoms with van der Waals surface area (Å²) in [7, 11) is 0. The zero-order valence-corrected chi connectivity index (χ0v) is 10.3. The van der Waals surface area contributed by atoms with E-state index in [1.807, 2.05) is 19.1 Å². The van der Waals surface area contributed by atoms with Crippen LogP contribution < -0.4 is 10.5 Å². The summed E-state index contributed by atoms with van der Waals surface area (Å²) in [5, 5.41) is 11.5. The number of benzene rings is 2. The summed E-state index contributed by atoms with van der Waals surface area (Å²) in [5.74, 6) is -0.195. The Morgan fingerprint density at radius 3 is 2.68 bits per heavy atom. The highest BCUT2D eigenvalue weighted by molar-refractivity contribution is 5.99. The van der Waals surface area contributed by atoms with Crippen molar-refractivity contribution in [3.63, 3.8) is 0 Å². The van der Waals surface area contributed by atoms with Crippen molar-refractivity contribution in [2.24, 2.45) is 10.9 Å². The number of nitrogens with two attached hydrogens (primary N) is 1. The number of halogens is 1. The molecule has 0 unspecified atom stereocenters. The molecule has 98 valence electrons. The highest BCUT2D eigenvalue weighted by atomic mass is 19.1. The summed E-state index contributed by atoms with van der Waals surface area (Å²) < 4.78 is 19.3. The molecule has 0 aliphatic rings. The lowest BCUT2D eigenvalue weighted by Crippen LogP contribution is -2.16. The van der Waals surface area contributed by atoms with E-state index >= 15 is 0 Å². The Labute approximate surface area is 109 Å². The molecule has 0 aliphatic heterocycles. The number of amidine groups is 1. The van der Waals surface area contributed by atoms with Crippen LogP contribution in [0.5, 0.6) is 11.5 Å². The first kappa shape index (κ1) is 12.9. The standard InChI is InChI=1S/C14H13FN2O2/c1-9-4-2-5-10(8-9)19-12-7-3-6-11(15)13(12)14(16)17-18/h2-8,18H,1H3,(H2,16,17). The monoisotopic (exact) mass is 260 g/mol. The molecule has 0 heterocycles. The molecule has 0 spiro atoms. The lowest BCUT2D eigenvalue weighted by Gasteiger charge is -2.11. The van der Waals surface area contributed by atoms with Gasteiger partial charge in [0.1, 0.15) is 17.3 Å². The lowest BCUT2D eigenvalue weighted by molar-refractivity contribution is 0.318. The quantitative estimate of drug-likeness (QED) is 0.386. The van der Waals surface area contributed by atoms with Gasteiger partial charge in [-0.15, -0.1) is 0 Å². The molecule has 2 rings (SSSR count). The van der Waals surface area contributed by atoms with E-state index in [9.17, 15) is 4.39 Å². The molecule has 19 heavy (non-hydrogen) atoms. The number of nitrogens with zero attached hydrogens (tertiary/aromatic N) is 1. The van der Waals surface area contributed by atoms with Crippen LogP contribution in [0.4, 0.5) is 4.39 Å². The minimum absolute atomic E-state index is 0.0634. The molecule has 0 fully saturated rings. The van der Waals surface area contributed by atoms with E-state index in [0.717, 1.165) is 5.56 Å². The Balaban J connectivity index is 2.43. The fourth-order valence-corrected chi connectivity index (χ4v) is 1.69. The molecule has 0 radical (unpaired) electrons. The second-order valence-corrected chi connectivity index (χ2v) is 4.02.